The van der Waals surface area contributed by atoms with E-state index in [2.05, 4.69) is 32.7 Å². The number of carbonyl (C=O) groups excluding carboxylic acids is 1. The number of nitrogens with one attached hydrogen (secondary N) is 1. The predicted octanol–water partition coefficient (Wildman–Crippen LogP) is -0.369. The van der Waals surface area contributed by atoms with Crippen molar-refractivity contribution >= 4 is 11.6 Å². The number of amides is 1. The lowest BCUT2D eigenvalue weighted by Gasteiger charge is -2.10. The average Bonchev–Trinajstić information content (AvgIpc) is 2.98. The smallest absolute Gasteiger partial charge is 0.246 e. The molecule has 0 aliphatic carbocycles. The molecule has 8 heteroatoms. The number of hydrogen-bond donors (Lipinski definition) is 2. The average molecular weight is 286 g/mol. The molecule has 1 aromatic heterocycles. The van der Waals surface area contributed by atoms with Gasteiger partial charge in [-0.25, -0.2) is 4.68 Å². The van der Waals surface area contributed by atoms with Crippen LogP contribution in [-0.2, 0) is 11.3 Å². The molecule has 0 radical (unpaired) electrons. The van der Waals surface area contributed by atoms with E-state index in [1.54, 1.807) is 18.2 Å². The summed E-state index contributed by atoms with van der Waals surface area (Å²) in [4.78, 5) is 11.9. The van der Waals surface area contributed by atoms with E-state index in [-0.39, 0.29) is 19.0 Å². The van der Waals surface area contributed by atoms with Crippen LogP contribution < -0.4 is 15.8 Å². The summed E-state index contributed by atoms with van der Waals surface area (Å²) >= 11 is 0. The van der Waals surface area contributed by atoms with Crippen LogP contribution in [0, 0.1) is 11.8 Å². The molecule has 1 amide bonds. The lowest BCUT2D eigenvalue weighted by molar-refractivity contribution is -0.116. The number of ether oxygens (including phenoxy) is 1. The standard InChI is InChI=1S/C13H14N6O2/c1-21-12-5-4-10(3-2-6-14)7-11(12)16-13(20)8-19-9-15-17-18-19/h4-5,7,9H,6,8,14H2,1H3,(H,16,20). The predicted molar refractivity (Wildman–Crippen MR) is 75.4 cm³/mol. The van der Waals surface area contributed by atoms with E-state index in [0.29, 0.717) is 11.4 Å². The third kappa shape index (κ3) is 4.02. The fourth-order valence-electron chi connectivity index (χ4n) is 1.63. The van der Waals surface area contributed by atoms with Gasteiger partial charge in [0.15, 0.2) is 0 Å². The van der Waals surface area contributed by atoms with Gasteiger partial charge in [0, 0.05) is 5.56 Å². The molecular weight excluding hydrogens is 272 g/mol. The van der Waals surface area contributed by atoms with Crippen molar-refractivity contribution in [2.75, 3.05) is 19.0 Å². The van der Waals surface area contributed by atoms with Gasteiger partial charge in [0.2, 0.25) is 5.91 Å². The van der Waals surface area contributed by atoms with E-state index in [9.17, 15) is 4.79 Å². The molecule has 0 atom stereocenters. The first-order valence-electron chi connectivity index (χ1n) is 6.10. The van der Waals surface area contributed by atoms with Gasteiger partial charge >= 0.3 is 0 Å². The summed E-state index contributed by atoms with van der Waals surface area (Å²) in [6.07, 6.45) is 1.36. The highest BCUT2D eigenvalue weighted by atomic mass is 16.5. The van der Waals surface area contributed by atoms with E-state index < -0.39 is 0 Å². The summed E-state index contributed by atoms with van der Waals surface area (Å²) in [7, 11) is 1.53. The Kier molecular flexibility index (Phi) is 4.84. The van der Waals surface area contributed by atoms with Crippen LogP contribution in [0.3, 0.4) is 0 Å². The largest absolute Gasteiger partial charge is 0.495 e. The number of carbonyl (C=O) groups is 1. The van der Waals surface area contributed by atoms with Gasteiger partial charge in [0.1, 0.15) is 18.6 Å². The first kappa shape index (κ1) is 14.5. The fraction of sp³-hybridized carbons (Fsp3) is 0.231. The maximum absolute atomic E-state index is 11.9. The Morgan fingerprint density at radius 2 is 2.38 bits per heavy atom. The quantitative estimate of drug-likeness (QED) is 0.742. The molecule has 0 aliphatic rings. The molecule has 2 rings (SSSR count). The summed E-state index contributed by atoms with van der Waals surface area (Å²) < 4.78 is 6.53. The monoisotopic (exact) mass is 286 g/mol. The highest BCUT2D eigenvalue weighted by Crippen LogP contribution is 2.25. The van der Waals surface area contributed by atoms with Crippen molar-refractivity contribution in [3.63, 3.8) is 0 Å². The maximum Gasteiger partial charge on any atom is 0.246 e. The van der Waals surface area contributed by atoms with Crippen molar-refractivity contribution < 1.29 is 9.53 Å². The Morgan fingerprint density at radius 1 is 1.52 bits per heavy atom. The number of nitrogens with zero attached hydrogens (tertiary/aromatic N) is 4. The van der Waals surface area contributed by atoms with Gasteiger partial charge < -0.3 is 15.8 Å². The van der Waals surface area contributed by atoms with Crippen LogP contribution in [0.2, 0.25) is 0 Å². The number of nitrogens with two attached hydrogens (primary N) is 1. The highest BCUT2D eigenvalue weighted by Gasteiger charge is 2.09. The topological polar surface area (TPSA) is 108 Å². The summed E-state index contributed by atoms with van der Waals surface area (Å²) in [6, 6.07) is 5.24. The van der Waals surface area contributed by atoms with Crippen molar-refractivity contribution in [2.24, 2.45) is 5.73 Å². The molecule has 21 heavy (non-hydrogen) atoms. The lowest BCUT2D eigenvalue weighted by atomic mass is 10.2. The molecule has 1 heterocycles. The van der Waals surface area contributed by atoms with Crippen LogP contribution in [0.25, 0.3) is 0 Å². The second-order valence-corrected chi connectivity index (χ2v) is 3.98. The Labute approximate surface area is 121 Å². The lowest BCUT2D eigenvalue weighted by Crippen LogP contribution is -2.19. The van der Waals surface area contributed by atoms with Crippen LogP contribution in [-0.4, -0.2) is 39.8 Å². The number of hydrogen-bond acceptors (Lipinski definition) is 6. The van der Waals surface area contributed by atoms with E-state index >= 15 is 0 Å². The van der Waals surface area contributed by atoms with Gasteiger partial charge in [-0.15, -0.1) is 5.10 Å². The first-order chi connectivity index (χ1) is 10.2. The Balaban J connectivity index is 2.14. The third-order valence-corrected chi connectivity index (χ3v) is 2.51. The molecular formula is C13H14N6O2. The van der Waals surface area contributed by atoms with Crippen molar-refractivity contribution in [3.05, 3.63) is 30.1 Å². The van der Waals surface area contributed by atoms with E-state index in [1.165, 1.54) is 18.1 Å². The zero-order valence-electron chi connectivity index (χ0n) is 11.4. The summed E-state index contributed by atoms with van der Waals surface area (Å²) in [5.41, 5.74) is 6.60. The zero-order valence-corrected chi connectivity index (χ0v) is 11.4. The zero-order chi connectivity index (χ0) is 15.1. The molecule has 1 aromatic carbocycles. The molecule has 0 aliphatic heterocycles. The van der Waals surface area contributed by atoms with E-state index in [0.717, 1.165) is 5.56 Å². The number of tetrazole rings is 1. The van der Waals surface area contributed by atoms with Gasteiger partial charge in [-0.1, -0.05) is 11.8 Å². The highest BCUT2D eigenvalue weighted by molar-refractivity contribution is 5.92. The molecule has 0 spiro atoms. The number of anilines is 1. The Morgan fingerprint density at radius 3 is 3.05 bits per heavy atom. The summed E-state index contributed by atoms with van der Waals surface area (Å²) in [6.45, 7) is 0.280. The van der Waals surface area contributed by atoms with Crippen LogP contribution in [0.15, 0.2) is 24.5 Å². The minimum atomic E-state index is -0.274. The molecule has 0 saturated carbocycles. The summed E-state index contributed by atoms with van der Waals surface area (Å²) in [5, 5.41) is 13.3. The van der Waals surface area contributed by atoms with Gasteiger partial charge in [-0.3, -0.25) is 4.79 Å². The van der Waals surface area contributed by atoms with Crippen molar-refractivity contribution in [3.8, 4) is 17.6 Å². The number of benzene rings is 1. The van der Waals surface area contributed by atoms with E-state index in [4.69, 9.17) is 10.5 Å². The van der Waals surface area contributed by atoms with Gasteiger partial charge in [-0.05, 0) is 28.6 Å². The Bertz CT molecular complexity index is 672. The number of rotatable bonds is 4. The molecule has 0 unspecified atom stereocenters. The van der Waals surface area contributed by atoms with Gasteiger partial charge in [0.25, 0.3) is 0 Å². The van der Waals surface area contributed by atoms with Gasteiger partial charge in [0.05, 0.1) is 19.3 Å². The van der Waals surface area contributed by atoms with E-state index in [1.807, 2.05) is 0 Å². The van der Waals surface area contributed by atoms with Crippen molar-refractivity contribution in [1.82, 2.24) is 20.2 Å². The first-order valence-corrected chi connectivity index (χ1v) is 6.10. The van der Waals surface area contributed by atoms with Crippen LogP contribution in [0.4, 0.5) is 5.69 Å². The maximum atomic E-state index is 11.9. The summed E-state index contributed by atoms with van der Waals surface area (Å²) in [5.74, 6) is 5.91. The van der Waals surface area contributed by atoms with Crippen molar-refractivity contribution in [2.45, 2.75) is 6.54 Å². The SMILES string of the molecule is COc1ccc(C#CCN)cc1NC(=O)Cn1cnnn1. The molecule has 2 aromatic rings. The normalized spacial score (nSPS) is 9.62. The minimum absolute atomic E-state index is 0.00879. The van der Waals surface area contributed by atoms with Crippen molar-refractivity contribution in [1.29, 1.82) is 0 Å². The Hall–Kier alpha value is -2.92. The second-order valence-electron chi connectivity index (χ2n) is 3.98. The molecule has 0 fully saturated rings. The molecule has 8 nitrogen and oxygen atoms in total. The van der Waals surface area contributed by atoms with Gasteiger partial charge in [-0.2, -0.15) is 0 Å². The minimum Gasteiger partial charge on any atom is -0.495 e. The van der Waals surface area contributed by atoms with Crippen LogP contribution in [0.5, 0.6) is 5.75 Å². The number of aromatic nitrogens is 4. The molecule has 0 bridgehead atoms. The third-order valence-electron chi connectivity index (χ3n) is 2.51. The molecule has 108 valence electrons. The molecule has 3 N–H and O–H groups in total. The number of methoxy groups -OCH3 is 1. The second kappa shape index (κ2) is 7.02. The van der Waals surface area contributed by atoms with Crippen LogP contribution in [0.1, 0.15) is 5.56 Å². The van der Waals surface area contributed by atoms with Crippen LogP contribution >= 0.6 is 0 Å². The molecule has 0 saturated heterocycles. The fourth-order valence-corrected chi connectivity index (χ4v) is 1.63.